The van der Waals surface area contributed by atoms with E-state index < -0.39 is 70.7 Å². The molecule has 2 amide bonds. The predicted octanol–water partition coefficient (Wildman–Crippen LogP) is -0.146. The number of nitrogens with two attached hydrogens (primary N) is 1. The molecule has 0 radical (unpaired) electrons. The largest absolute Gasteiger partial charge is 0.510 e. The average molecular weight is 517 g/mol. The lowest BCUT2D eigenvalue weighted by Gasteiger charge is -2.35. The van der Waals surface area contributed by atoms with E-state index in [9.17, 15) is 39.6 Å². The predicted molar refractivity (Wildman–Crippen MR) is 134 cm³/mol. The second-order valence-corrected chi connectivity index (χ2v) is 9.80. The van der Waals surface area contributed by atoms with E-state index in [4.69, 9.17) is 5.73 Å². The molecular weight excluding hydrogens is 484 g/mol. The molecule has 7 N–H and O–H groups in total. The van der Waals surface area contributed by atoms with Crippen molar-refractivity contribution >= 4 is 34.8 Å². The highest BCUT2D eigenvalue weighted by Crippen LogP contribution is 2.44. The van der Waals surface area contributed by atoms with Crippen LogP contribution in [0.25, 0.3) is 5.76 Å². The Morgan fingerprint density at radius 1 is 1.08 bits per heavy atom. The number of likely N-dealkylation sites (N-methyl/N-ethyl adjacent to an activating group) is 2. The normalized spacial score (nSPS) is 24.7. The summed E-state index contributed by atoms with van der Waals surface area (Å²) < 4.78 is 0. The summed E-state index contributed by atoms with van der Waals surface area (Å²) in [6, 6.07) is 1.87. The Bertz CT molecular complexity index is 1220. The van der Waals surface area contributed by atoms with E-state index in [-0.39, 0.29) is 36.2 Å². The quantitative estimate of drug-likeness (QED) is 0.174. The summed E-state index contributed by atoms with van der Waals surface area (Å²) in [5.74, 6) is -6.12. The average Bonchev–Trinajstić information content (AvgIpc) is 2.73. The molecular formula is C25H32N4O8. The van der Waals surface area contributed by atoms with Crippen LogP contribution in [0.2, 0.25) is 0 Å². The number of ketones is 2. The lowest BCUT2D eigenvalue weighted by atomic mass is 9.75. The van der Waals surface area contributed by atoms with Crippen LogP contribution >= 0.6 is 0 Å². The van der Waals surface area contributed by atoms with Crippen molar-refractivity contribution in [2.24, 2.45) is 11.7 Å². The van der Waals surface area contributed by atoms with Gasteiger partial charge in [0, 0.05) is 5.57 Å². The number of aliphatic hydroxyl groups is 3. The van der Waals surface area contributed by atoms with Crippen LogP contribution in [-0.2, 0) is 25.6 Å². The number of anilines is 1. The van der Waals surface area contributed by atoms with Gasteiger partial charge >= 0.3 is 0 Å². The molecule has 37 heavy (non-hydrogen) atoms. The molecule has 12 heteroatoms. The summed E-state index contributed by atoms with van der Waals surface area (Å²) in [5.41, 5.74) is 4.73. The van der Waals surface area contributed by atoms with Gasteiger partial charge in [0.25, 0.3) is 5.91 Å². The summed E-state index contributed by atoms with van der Waals surface area (Å²) in [6.45, 7) is 0.0414. The zero-order valence-corrected chi connectivity index (χ0v) is 21.1. The van der Waals surface area contributed by atoms with Gasteiger partial charge in [-0.1, -0.05) is 6.07 Å². The Hall–Kier alpha value is -3.74. The van der Waals surface area contributed by atoms with Crippen LogP contribution in [0.5, 0.6) is 5.75 Å². The van der Waals surface area contributed by atoms with Crippen LogP contribution < -0.4 is 11.1 Å². The molecule has 12 nitrogen and oxygen atoms in total. The molecule has 0 saturated carbocycles. The number of phenolic OH excluding ortho intramolecular Hbond substituents is 1. The third kappa shape index (κ3) is 5.50. The second kappa shape index (κ2) is 10.7. The van der Waals surface area contributed by atoms with Crippen LogP contribution in [0.15, 0.2) is 29.0 Å². The molecule has 0 bridgehead atoms. The first-order chi connectivity index (χ1) is 17.2. The van der Waals surface area contributed by atoms with E-state index >= 15 is 0 Å². The Labute approximate surface area is 213 Å². The molecule has 200 valence electrons. The maximum atomic E-state index is 13.2. The number of fused-ring (bicyclic) bond motifs is 2. The lowest BCUT2D eigenvalue weighted by Crippen LogP contribution is -2.45. The molecule has 2 aliphatic rings. The lowest BCUT2D eigenvalue weighted by molar-refractivity contribution is -0.125. The van der Waals surface area contributed by atoms with Crippen LogP contribution in [0, 0.1) is 5.92 Å². The van der Waals surface area contributed by atoms with Gasteiger partial charge in [0.15, 0.2) is 11.6 Å². The smallest absolute Gasteiger partial charge is 0.255 e. The van der Waals surface area contributed by atoms with Crippen molar-refractivity contribution in [2.75, 3.05) is 40.1 Å². The molecule has 0 heterocycles. The SMILES string of the molecule is CN(C)CC(=O)Nc1ccc2c(c1O)C(O)=C1C(=O)CC(=O)/C(C(N)=O)=C(/O)[C@@H](N(C)C)[C@@H](O)C[C@@H]1C2. The Balaban J connectivity index is 2.14. The number of allylic oxidation sites excluding steroid dienone is 1. The number of primary amides is 1. The molecule has 0 aromatic heterocycles. The van der Waals surface area contributed by atoms with Crippen molar-refractivity contribution in [3.8, 4) is 5.75 Å². The fourth-order valence-electron chi connectivity index (χ4n) is 4.98. The third-order valence-corrected chi connectivity index (χ3v) is 6.49. The number of amides is 2. The fraction of sp³-hybridized carbons (Fsp3) is 0.440. The van der Waals surface area contributed by atoms with Gasteiger partial charge in [-0.2, -0.15) is 0 Å². The van der Waals surface area contributed by atoms with Crippen molar-refractivity contribution in [3.05, 3.63) is 40.2 Å². The minimum absolute atomic E-state index is 0.0242. The van der Waals surface area contributed by atoms with Gasteiger partial charge in [-0.3, -0.25) is 24.1 Å². The molecule has 3 atom stereocenters. The number of hydrogen-bond acceptors (Lipinski definition) is 10. The second-order valence-electron chi connectivity index (χ2n) is 9.80. The molecule has 1 aromatic carbocycles. The maximum absolute atomic E-state index is 13.2. The van der Waals surface area contributed by atoms with Crippen LogP contribution in [0.1, 0.15) is 24.0 Å². The van der Waals surface area contributed by atoms with E-state index in [1.807, 2.05) is 0 Å². The molecule has 0 aliphatic heterocycles. The zero-order chi connectivity index (χ0) is 27.8. The van der Waals surface area contributed by atoms with Crippen LogP contribution in [0.4, 0.5) is 5.69 Å². The molecule has 3 rings (SSSR count). The van der Waals surface area contributed by atoms with Gasteiger partial charge in [-0.05, 0) is 58.6 Å². The van der Waals surface area contributed by atoms with Crippen LogP contribution in [0.3, 0.4) is 0 Å². The first-order valence-corrected chi connectivity index (χ1v) is 11.6. The van der Waals surface area contributed by atoms with E-state index in [1.165, 1.54) is 25.1 Å². The Morgan fingerprint density at radius 3 is 2.30 bits per heavy atom. The minimum Gasteiger partial charge on any atom is -0.510 e. The van der Waals surface area contributed by atoms with E-state index in [0.29, 0.717) is 5.56 Å². The third-order valence-electron chi connectivity index (χ3n) is 6.49. The topological polar surface area (TPSA) is 194 Å². The Kier molecular flexibility index (Phi) is 8.06. The van der Waals surface area contributed by atoms with Gasteiger partial charge in [0.05, 0.1) is 36.4 Å². The summed E-state index contributed by atoms with van der Waals surface area (Å²) in [4.78, 5) is 53.4. The number of nitrogens with zero attached hydrogens (tertiary/aromatic N) is 2. The molecule has 0 fully saturated rings. The molecule has 0 saturated heterocycles. The summed E-state index contributed by atoms with van der Waals surface area (Å²) in [5, 5.41) is 46.4. The van der Waals surface area contributed by atoms with Crippen molar-refractivity contribution in [3.63, 3.8) is 0 Å². The maximum Gasteiger partial charge on any atom is 0.255 e. The number of carbonyl (C=O) groups excluding carboxylic acids is 4. The van der Waals surface area contributed by atoms with Gasteiger partial charge in [-0.25, -0.2) is 0 Å². The first kappa shape index (κ1) is 27.8. The highest BCUT2D eigenvalue weighted by Gasteiger charge is 2.41. The molecule has 0 spiro atoms. The zero-order valence-electron chi connectivity index (χ0n) is 21.1. The number of rotatable bonds is 5. The number of Topliss-reactive ketones (excluding diaryl/α,β-unsaturated/α-hetero) is 2. The highest BCUT2D eigenvalue weighted by atomic mass is 16.3. The van der Waals surface area contributed by atoms with Crippen molar-refractivity contribution in [2.45, 2.75) is 31.4 Å². The number of hydrogen-bond donors (Lipinski definition) is 6. The number of aromatic hydroxyl groups is 1. The van der Waals surface area contributed by atoms with Crippen molar-refractivity contribution in [1.29, 1.82) is 0 Å². The van der Waals surface area contributed by atoms with E-state index in [2.05, 4.69) is 5.32 Å². The summed E-state index contributed by atoms with van der Waals surface area (Å²) in [6.07, 6.45) is -2.25. The fourth-order valence-corrected chi connectivity index (χ4v) is 4.98. The number of phenols is 1. The van der Waals surface area contributed by atoms with Gasteiger partial charge in [0.1, 0.15) is 22.8 Å². The Morgan fingerprint density at radius 2 is 1.73 bits per heavy atom. The monoisotopic (exact) mass is 516 g/mol. The number of carbonyl (C=O) groups is 4. The number of nitrogens with one attached hydrogen (secondary N) is 1. The highest BCUT2D eigenvalue weighted by molar-refractivity contribution is 6.25. The first-order valence-electron chi connectivity index (χ1n) is 11.6. The molecule has 2 aliphatic carbocycles. The van der Waals surface area contributed by atoms with Gasteiger partial charge in [-0.15, -0.1) is 0 Å². The van der Waals surface area contributed by atoms with Crippen molar-refractivity contribution in [1.82, 2.24) is 9.80 Å². The van der Waals surface area contributed by atoms with Gasteiger partial charge < -0.3 is 36.4 Å². The van der Waals surface area contributed by atoms with Crippen LogP contribution in [-0.4, -0.2) is 100 Å². The molecule has 0 unspecified atom stereocenters. The van der Waals surface area contributed by atoms with Gasteiger partial charge in [0.2, 0.25) is 5.91 Å². The summed E-state index contributed by atoms with van der Waals surface area (Å²) >= 11 is 0. The number of aliphatic hydroxyl groups excluding tert-OH is 3. The minimum atomic E-state index is -1.37. The number of benzene rings is 1. The summed E-state index contributed by atoms with van der Waals surface area (Å²) in [7, 11) is 6.45. The van der Waals surface area contributed by atoms with E-state index in [0.717, 1.165) is 0 Å². The van der Waals surface area contributed by atoms with Crippen molar-refractivity contribution < 1.29 is 39.6 Å². The standard InChI is InChI=1S/C25H32N4O8/c1-28(2)10-17(33)27-13-6-5-11-7-12-8-16(32)21(29(3)4)24(36)20(25(26)37)15(31)9-14(30)18(12)23(35)19(11)22(13)34/h5-6,12,16,21,32,34-36H,7-10H2,1-4H3,(H2,26,37)(H,27,33)/b24-20-/t12-,16-,21-/m0/s1. The van der Waals surface area contributed by atoms with E-state index in [1.54, 1.807) is 25.1 Å². The molecule has 1 aromatic rings.